The van der Waals surface area contributed by atoms with Crippen LogP contribution in [-0.4, -0.2) is 43.4 Å². The topological polar surface area (TPSA) is 74.6 Å². The molecular formula is C14H21N3O3. The lowest BCUT2D eigenvalue weighted by Crippen LogP contribution is -2.29. The monoisotopic (exact) mass is 279 g/mol. The zero-order chi connectivity index (χ0) is 14.5. The number of nitrogens with one attached hydrogen (secondary N) is 2. The second-order valence-electron chi connectivity index (χ2n) is 5.22. The van der Waals surface area contributed by atoms with Gasteiger partial charge < -0.3 is 20.0 Å². The second-order valence-corrected chi connectivity index (χ2v) is 5.22. The Balaban J connectivity index is 1.85. The first kappa shape index (κ1) is 14.6. The van der Waals surface area contributed by atoms with Crippen LogP contribution in [0.25, 0.3) is 0 Å². The van der Waals surface area contributed by atoms with Crippen LogP contribution in [0, 0.1) is 0 Å². The Morgan fingerprint density at radius 2 is 2.25 bits per heavy atom. The normalized spacial score (nSPS) is 19.3. The van der Waals surface area contributed by atoms with Gasteiger partial charge in [0.1, 0.15) is 5.76 Å². The molecule has 0 aromatic carbocycles. The van der Waals surface area contributed by atoms with E-state index in [9.17, 15) is 9.59 Å². The maximum Gasteiger partial charge on any atom is 0.289 e. The summed E-state index contributed by atoms with van der Waals surface area (Å²) < 4.78 is 5.51. The molecule has 20 heavy (non-hydrogen) atoms. The van der Waals surface area contributed by atoms with Gasteiger partial charge in [-0.25, -0.2) is 0 Å². The van der Waals surface area contributed by atoms with Crippen molar-refractivity contribution in [3.8, 4) is 0 Å². The van der Waals surface area contributed by atoms with E-state index in [1.807, 2.05) is 6.07 Å². The third-order valence-electron chi connectivity index (χ3n) is 3.38. The fourth-order valence-electron chi connectivity index (χ4n) is 2.18. The third-order valence-corrected chi connectivity index (χ3v) is 3.38. The molecule has 1 aromatic rings. The number of carbonyl (C=O) groups is 2. The summed E-state index contributed by atoms with van der Waals surface area (Å²) in [5.41, 5.74) is 0. The van der Waals surface area contributed by atoms with E-state index in [0.29, 0.717) is 31.3 Å². The zero-order valence-corrected chi connectivity index (χ0v) is 11.9. The van der Waals surface area contributed by atoms with E-state index in [0.717, 1.165) is 18.6 Å². The fraction of sp³-hybridized carbons (Fsp3) is 0.571. The van der Waals surface area contributed by atoms with Crippen LogP contribution in [0.4, 0.5) is 0 Å². The van der Waals surface area contributed by atoms with Gasteiger partial charge in [-0.2, -0.15) is 0 Å². The van der Waals surface area contributed by atoms with Crippen molar-refractivity contribution in [3.05, 3.63) is 23.7 Å². The number of carbonyl (C=O) groups excluding carboxylic acids is 2. The van der Waals surface area contributed by atoms with Crippen LogP contribution in [-0.2, 0) is 11.3 Å². The van der Waals surface area contributed by atoms with Gasteiger partial charge in [0.05, 0.1) is 6.54 Å². The molecule has 0 saturated carbocycles. The first-order chi connectivity index (χ1) is 9.56. The highest BCUT2D eigenvalue weighted by Gasteiger charge is 2.17. The van der Waals surface area contributed by atoms with Gasteiger partial charge in [-0.15, -0.1) is 0 Å². The Morgan fingerprint density at radius 1 is 1.45 bits per heavy atom. The first-order valence-corrected chi connectivity index (χ1v) is 6.86. The average molecular weight is 279 g/mol. The molecule has 0 unspecified atom stereocenters. The molecule has 1 atom stereocenters. The summed E-state index contributed by atoms with van der Waals surface area (Å²) in [6, 6.07) is 3.80. The molecule has 0 spiro atoms. The summed E-state index contributed by atoms with van der Waals surface area (Å²) >= 11 is 0. The van der Waals surface area contributed by atoms with Gasteiger partial charge in [-0.3, -0.25) is 9.59 Å². The lowest BCUT2D eigenvalue weighted by molar-refractivity contribution is -0.120. The Hall–Kier alpha value is -1.82. The molecule has 0 aliphatic carbocycles. The molecule has 0 bridgehead atoms. The number of nitrogens with zero attached hydrogens (tertiary/aromatic N) is 1. The predicted molar refractivity (Wildman–Crippen MR) is 74.2 cm³/mol. The SMILES string of the molecule is CN(C)C(=O)c1ccc(CN[C@@H]2CCNC(=O)CC2)o1. The third kappa shape index (κ3) is 3.84. The molecule has 110 valence electrons. The minimum atomic E-state index is -0.138. The largest absolute Gasteiger partial charge is 0.455 e. The minimum absolute atomic E-state index is 0.117. The number of rotatable bonds is 4. The minimum Gasteiger partial charge on any atom is -0.455 e. The molecule has 6 nitrogen and oxygen atoms in total. The number of furan rings is 1. The number of hydrogen-bond donors (Lipinski definition) is 2. The highest BCUT2D eigenvalue weighted by molar-refractivity contribution is 5.91. The summed E-state index contributed by atoms with van der Waals surface area (Å²) in [5.74, 6) is 1.06. The smallest absolute Gasteiger partial charge is 0.289 e. The van der Waals surface area contributed by atoms with Crippen LogP contribution in [0.3, 0.4) is 0 Å². The number of hydrogen-bond acceptors (Lipinski definition) is 4. The quantitative estimate of drug-likeness (QED) is 0.852. The summed E-state index contributed by atoms with van der Waals surface area (Å²) in [5, 5.41) is 6.22. The lowest BCUT2D eigenvalue weighted by atomic mass is 10.1. The molecule has 1 fully saturated rings. The van der Waals surface area contributed by atoms with Gasteiger partial charge in [-0.05, 0) is 25.0 Å². The molecule has 1 aliphatic heterocycles. The first-order valence-electron chi connectivity index (χ1n) is 6.86. The van der Waals surface area contributed by atoms with E-state index in [4.69, 9.17) is 4.42 Å². The Labute approximate surface area is 118 Å². The van der Waals surface area contributed by atoms with E-state index in [2.05, 4.69) is 10.6 Å². The molecule has 2 N–H and O–H groups in total. The van der Waals surface area contributed by atoms with E-state index in [1.165, 1.54) is 4.90 Å². The molecule has 1 aliphatic rings. The predicted octanol–water partition coefficient (Wildman–Crippen LogP) is 0.740. The van der Waals surface area contributed by atoms with Crippen LogP contribution in [0.15, 0.2) is 16.5 Å². The van der Waals surface area contributed by atoms with Crippen LogP contribution < -0.4 is 10.6 Å². The molecule has 1 aromatic heterocycles. The highest BCUT2D eigenvalue weighted by atomic mass is 16.4. The van der Waals surface area contributed by atoms with Crippen LogP contribution in [0.2, 0.25) is 0 Å². The van der Waals surface area contributed by atoms with E-state index in [-0.39, 0.29) is 11.8 Å². The van der Waals surface area contributed by atoms with Crippen LogP contribution >= 0.6 is 0 Å². The molecular weight excluding hydrogens is 258 g/mol. The maximum atomic E-state index is 11.7. The van der Waals surface area contributed by atoms with E-state index < -0.39 is 0 Å². The Morgan fingerprint density at radius 3 is 3.00 bits per heavy atom. The van der Waals surface area contributed by atoms with Crippen molar-refractivity contribution in [2.24, 2.45) is 0 Å². The standard InChI is InChI=1S/C14H21N3O3/c1-17(2)14(19)12-5-4-11(20-12)9-16-10-3-6-13(18)15-8-7-10/h4-5,10,16H,3,6-9H2,1-2H3,(H,15,18)/t10-/m0/s1. The van der Waals surface area contributed by atoms with Gasteiger partial charge in [0.25, 0.3) is 5.91 Å². The number of amides is 2. The summed E-state index contributed by atoms with van der Waals surface area (Å²) in [6.45, 7) is 1.28. The van der Waals surface area contributed by atoms with Crippen LogP contribution in [0.1, 0.15) is 35.6 Å². The summed E-state index contributed by atoms with van der Waals surface area (Å²) in [4.78, 5) is 24.4. The average Bonchev–Trinajstić information content (AvgIpc) is 2.79. The Bertz CT molecular complexity index is 482. The molecule has 1 saturated heterocycles. The van der Waals surface area contributed by atoms with Crippen LogP contribution in [0.5, 0.6) is 0 Å². The molecule has 2 amide bonds. The van der Waals surface area contributed by atoms with E-state index in [1.54, 1.807) is 20.2 Å². The van der Waals surface area contributed by atoms with Crippen molar-refractivity contribution in [2.45, 2.75) is 31.8 Å². The molecule has 2 heterocycles. The molecule has 2 rings (SSSR count). The van der Waals surface area contributed by atoms with Crippen molar-refractivity contribution in [2.75, 3.05) is 20.6 Å². The van der Waals surface area contributed by atoms with Crippen molar-refractivity contribution in [1.82, 2.24) is 15.5 Å². The van der Waals surface area contributed by atoms with Crippen molar-refractivity contribution in [1.29, 1.82) is 0 Å². The summed E-state index contributed by atoms with van der Waals surface area (Å²) in [6.07, 6.45) is 2.30. The molecule has 0 radical (unpaired) electrons. The second kappa shape index (κ2) is 6.56. The van der Waals surface area contributed by atoms with E-state index >= 15 is 0 Å². The highest BCUT2D eigenvalue weighted by Crippen LogP contribution is 2.11. The van der Waals surface area contributed by atoms with Gasteiger partial charge in [0, 0.05) is 33.1 Å². The summed E-state index contributed by atoms with van der Waals surface area (Å²) in [7, 11) is 3.39. The maximum absolute atomic E-state index is 11.7. The van der Waals surface area contributed by atoms with Gasteiger partial charge in [0.15, 0.2) is 5.76 Å². The molecule has 6 heteroatoms. The zero-order valence-electron chi connectivity index (χ0n) is 11.9. The van der Waals surface area contributed by atoms with Gasteiger partial charge in [-0.1, -0.05) is 0 Å². The van der Waals surface area contributed by atoms with Gasteiger partial charge >= 0.3 is 0 Å². The van der Waals surface area contributed by atoms with Gasteiger partial charge in [0.2, 0.25) is 5.91 Å². The fourth-order valence-corrected chi connectivity index (χ4v) is 2.18. The lowest BCUT2D eigenvalue weighted by Gasteiger charge is -2.14. The Kier molecular flexibility index (Phi) is 4.79. The van der Waals surface area contributed by atoms with Crippen molar-refractivity contribution >= 4 is 11.8 Å². The van der Waals surface area contributed by atoms with Crippen molar-refractivity contribution < 1.29 is 14.0 Å². The van der Waals surface area contributed by atoms with Crippen molar-refractivity contribution in [3.63, 3.8) is 0 Å².